The van der Waals surface area contributed by atoms with Gasteiger partial charge in [0.25, 0.3) is 0 Å². The molecule has 1 N–H and O–H groups in total. The summed E-state index contributed by atoms with van der Waals surface area (Å²) in [6.45, 7) is 1.28. The average Bonchev–Trinajstić information content (AvgIpc) is 3.39. The van der Waals surface area contributed by atoms with Crippen molar-refractivity contribution in [3.8, 4) is 5.69 Å². The Morgan fingerprint density at radius 1 is 1.00 bits per heavy atom. The largest absolute Gasteiger partial charge is 0.352 e. The number of sulfonamides is 1. The summed E-state index contributed by atoms with van der Waals surface area (Å²) in [4.78, 5) is 16.7. The molecule has 0 bridgehead atoms. The molecule has 1 aromatic heterocycles. The van der Waals surface area contributed by atoms with Crippen molar-refractivity contribution in [3.63, 3.8) is 0 Å². The lowest BCUT2D eigenvalue weighted by Crippen LogP contribution is -2.43. The molecular weight excluding hydrogens is 436 g/mol. The minimum absolute atomic E-state index is 0.00480. The summed E-state index contributed by atoms with van der Waals surface area (Å²) in [5, 5.41) is 3.00. The van der Waals surface area contributed by atoms with Gasteiger partial charge in [-0.2, -0.15) is 0 Å². The van der Waals surface area contributed by atoms with E-state index in [9.17, 15) is 13.2 Å². The first-order valence-corrected chi connectivity index (χ1v) is 13.0. The molecule has 1 amide bonds. The lowest BCUT2D eigenvalue weighted by molar-refractivity contribution is -0.126. The number of piperidine rings is 1. The molecule has 0 atom stereocenters. The number of nitrogens with zero attached hydrogens (tertiary/aromatic N) is 3. The second-order valence-electron chi connectivity index (χ2n) is 8.43. The summed E-state index contributed by atoms with van der Waals surface area (Å²) in [5.41, 5.74) is 3.19. The monoisotopic (exact) mass is 466 g/mol. The zero-order valence-electron chi connectivity index (χ0n) is 18.6. The van der Waals surface area contributed by atoms with Crippen molar-refractivity contribution < 1.29 is 13.2 Å². The standard InChI is InChI=1S/C25H30N4O3S/c30-25(27-19-22-8-10-24(11-9-22)28-17-14-26-20-28)23-12-15-29(16-13-23)33(31,32)18-4-7-21-5-2-1-3-6-21/h1-3,5-6,8-11,14,17,20,23H,4,7,12-13,15-16,18-19H2,(H,27,30). The van der Waals surface area contributed by atoms with Gasteiger partial charge in [0.2, 0.25) is 15.9 Å². The molecule has 7 nitrogen and oxygen atoms in total. The fourth-order valence-corrected chi connectivity index (χ4v) is 5.69. The van der Waals surface area contributed by atoms with Gasteiger partial charge in [-0.05, 0) is 48.9 Å². The minimum Gasteiger partial charge on any atom is -0.352 e. The van der Waals surface area contributed by atoms with Crippen molar-refractivity contribution in [2.75, 3.05) is 18.8 Å². The first-order chi connectivity index (χ1) is 16.0. The van der Waals surface area contributed by atoms with Crippen LogP contribution in [0.1, 0.15) is 30.4 Å². The highest BCUT2D eigenvalue weighted by atomic mass is 32.2. The molecule has 0 aliphatic carbocycles. The maximum atomic E-state index is 12.7. The van der Waals surface area contributed by atoms with Crippen LogP contribution < -0.4 is 5.32 Å². The highest BCUT2D eigenvalue weighted by Gasteiger charge is 2.30. The van der Waals surface area contributed by atoms with E-state index in [4.69, 9.17) is 0 Å². The molecule has 0 saturated carbocycles. The van der Waals surface area contributed by atoms with E-state index < -0.39 is 10.0 Å². The molecule has 0 spiro atoms. The zero-order valence-corrected chi connectivity index (χ0v) is 19.5. The van der Waals surface area contributed by atoms with Crippen LogP contribution in [0, 0.1) is 5.92 Å². The first kappa shape index (κ1) is 23.2. The summed E-state index contributed by atoms with van der Waals surface area (Å²) in [6, 6.07) is 17.9. The Morgan fingerprint density at radius 3 is 2.39 bits per heavy atom. The lowest BCUT2D eigenvalue weighted by Gasteiger charge is -2.30. The van der Waals surface area contributed by atoms with Gasteiger partial charge in [-0.1, -0.05) is 42.5 Å². The van der Waals surface area contributed by atoms with Gasteiger partial charge in [0, 0.05) is 43.6 Å². The van der Waals surface area contributed by atoms with Crippen molar-refractivity contribution in [1.82, 2.24) is 19.2 Å². The van der Waals surface area contributed by atoms with Crippen molar-refractivity contribution in [1.29, 1.82) is 0 Å². The molecule has 2 aromatic carbocycles. The number of amides is 1. The van der Waals surface area contributed by atoms with Gasteiger partial charge in [-0.3, -0.25) is 4.79 Å². The molecule has 2 heterocycles. The van der Waals surface area contributed by atoms with Crippen LogP contribution in [0.3, 0.4) is 0 Å². The Hall–Kier alpha value is -2.97. The molecule has 1 saturated heterocycles. The SMILES string of the molecule is O=C(NCc1ccc(-n2ccnc2)cc1)C1CCN(S(=O)(=O)CCCc2ccccc2)CC1. The van der Waals surface area contributed by atoms with Gasteiger partial charge in [-0.15, -0.1) is 0 Å². The van der Waals surface area contributed by atoms with E-state index in [2.05, 4.69) is 10.3 Å². The van der Waals surface area contributed by atoms with Crippen LogP contribution in [-0.2, 0) is 27.8 Å². The summed E-state index contributed by atoms with van der Waals surface area (Å²) in [7, 11) is -3.29. The van der Waals surface area contributed by atoms with E-state index in [1.807, 2.05) is 65.4 Å². The predicted octanol–water partition coefficient (Wildman–Crippen LogP) is 3.16. The van der Waals surface area contributed by atoms with E-state index in [1.54, 1.807) is 16.8 Å². The maximum absolute atomic E-state index is 12.7. The third-order valence-electron chi connectivity index (χ3n) is 6.13. The van der Waals surface area contributed by atoms with Crippen molar-refractivity contribution >= 4 is 15.9 Å². The van der Waals surface area contributed by atoms with Gasteiger partial charge < -0.3 is 9.88 Å². The van der Waals surface area contributed by atoms with Crippen LogP contribution in [-0.4, -0.2) is 47.0 Å². The Kier molecular flexibility index (Phi) is 7.57. The number of nitrogens with one attached hydrogen (secondary N) is 1. The molecule has 1 fully saturated rings. The quantitative estimate of drug-likeness (QED) is 0.525. The van der Waals surface area contributed by atoms with Gasteiger partial charge >= 0.3 is 0 Å². The first-order valence-electron chi connectivity index (χ1n) is 11.4. The van der Waals surface area contributed by atoms with E-state index >= 15 is 0 Å². The van der Waals surface area contributed by atoms with E-state index in [1.165, 1.54) is 0 Å². The van der Waals surface area contributed by atoms with Crippen molar-refractivity contribution in [2.45, 2.75) is 32.2 Å². The minimum atomic E-state index is -3.29. The number of hydrogen-bond acceptors (Lipinski definition) is 4. The van der Waals surface area contributed by atoms with E-state index in [0.29, 0.717) is 38.9 Å². The molecule has 1 aliphatic heterocycles. The van der Waals surface area contributed by atoms with Gasteiger partial charge in [0.1, 0.15) is 0 Å². The number of imidazole rings is 1. The molecule has 174 valence electrons. The molecule has 4 rings (SSSR count). The summed E-state index contributed by atoms with van der Waals surface area (Å²) in [6.07, 6.45) is 7.83. The lowest BCUT2D eigenvalue weighted by atomic mass is 9.97. The van der Waals surface area contributed by atoms with Crippen molar-refractivity contribution in [3.05, 3.63) is 84.4 Å². The summed E-state index contributed by atoms with van der Waals surface area (Å²) in [5.74, 6) is -0.00538. The topological polar surface area (TPSA) is 84.3 Å². The number of carbonyl (C=O) groups excluding carboxylic acids is 1. The summed E-state index contributed by atoms with van der Waals surface area (Å²) < 4.78 is 28.9. The molecule has 0 radical (unpaired) electrons. The second kappa shape index (κ2) is 10.8. The highest BCUT2D eigenvalue weighted by Crippen LogP contribution is 2.21. The fourth-order valence-electron chi connectivity index (χ4n) is 4.16. The fraction of sp³-hybridized carbons (Fsp3) is 0.360. The maximum Gasteiger partial charge on any atom is 0.223 e. The van der Waals surface area contributed by atoms with Crippen molar-refractivity contribution in [2.24, 2.45) is 5.92 Å². The Labute approximate surface area is 195 Å². The zero-order chi connectivity index (χ0) is 23.1. The van der Waals surface area contributed by atoms with Crippen LogP contribution in [0.25, 0.3) is 5.69 Å². The number of hydrogen-bond donors (Lipinski definition) is 1. The number of carbonyl (C=O) groups is 1. The smallest absolute Gasteiger partial charge is 0.223 e. The number of aromatic nitrogens is 2. The Balaban J connectivity index is 1.20. The normalized spacial score (nSPS) is 15.4. The molecule has 0 unspecified atom stereocenters. The van der Waals surface area contributed by atoms with Crippen LogP contribution in [0.4, 0.5) is 0 Å². The molecule has 3 aromatic rings. The van der Waals surface area contributed by atoms with E-state index in [-0.39, 0.29) is 17.6 Å². The van der Waals surface area contributed by atoms with Crippen LogP contribution in [0.15, 0.2) is 73.3 Å². The van der Waals surface area contributed by atoms with Gasteiger partial charge in [0.15, 0.2) is 0 Å². The third-order valence-corrected chi connectivity index (χ3v) is 8.09. The molecule has 1 aliphatic rings. The molecular formula is C25H30N4O3S. The molecule has 8 heteroatoms. The average molecular weight is 467 g/mol. The van der Waals surface area contributed by atoms with Gasteiger partial charge in [0.05, 0.1) is 12.1 Å². The number of benzene rings is 2. The van der Waals surface area contributed by atoms with E-state index in [0.717, 1.165) is 23.2 Å². The Bertz CT molecular complexity index is 1120. The number of rotatable bonds is 9. The van der Waals surface area contributed by atoms with Gasteiger partial charge in [-0.25, -0.2) is 17.7 Å². The Morgan fingerprint density at radius 2 is 1.73 bits per heavy atom. The summed E-state index contributed by atoms with van der Waals surface area (Å²) >= 11 is 0. The highest BCUT2D eigenvalue weighted by molar-refractivity contribution is 7.89. The van der Waals surface area contributed by atoms with Crippen LogP contribution >= 0.6 is 0 Å². The second-order valence-corrected chi connectivity index (χ2v) is 10.5. The van der Waals surface area contributed by atoms with Crippen LogP contribution in [0.2, 0.25) is 0 Å². The number of aryl methyl sites for hydroxylation is 1. The third kappa shape index (κ3) is 6.30. The van der Waals surface area contributed by atoms with Crippen LogP contribution in [0.5, 0.6) is 0 Å². The predicted molar refractivity (Wildman–Crippen MR) is 128 cm³/mol. The molecule has 33 heavy (non-hydrogen) atoms.